The van der Waals surface area contributed by atoms with Crippen molar-refractivity contribution in [2.45, 2.75) is 25.9 Å². The number of carbonyl (C=O) groups is 3. The van der Waals surface area contributed by atoms with E-state index in [2.05, 4.69) is 10.6 Å². The number of carboxylic acids is 1. The van der Waals surface area contributed by atoms with Crippen LogP contribution in [0.15, 0.2) is 0 Å². The lowest BCUT2D eigenvalue weighted by Gasteiger charge is -2.30. The van der Waals surface area contributed by atoms with Crippen molar-refractivity contribution in [3.8, 4) is 0 Å². The highest BCUT2D eigenvalue weighted by atomic mass is 16.5. The number of nitrogens with one attached hydrogen (secondary N) is 2. The predicted molar refractivity (Wildman–Crippen MR) is 70.3 cm³/mol. The van der Waals surface area contributed by atoms with Crippen LogP contribution in [-0.4, -0.2) is 66.8 Å². The Balaban J connectivity index is 2.20. The Morgan fingerprint density at radius 3 is 2.50 bits per heavy atom. The van der Waals surface area contributed by atoms with Crippen LogP contribution in [0.25, 0.3) is 0 Å². The smallest absolute Gasteiger partial charge is 0.329 e. The van der Waals surface area contributed by atoms with Gasteiger partial charge in [-0.2, -0.15) is 0 Å². The Hall–Kier alpha value is -1.67. The van der Waals surface area contributed by atoms with Gasteiger partial charge in [-0.05, 0) is 19.8 Å². The normalized spacial score (nSPS) is 16.6. The molecule has 1 rings (SSSR count). The van der Waals surface area contributed by atoms with Crippen LogP contribution in [0.4, 0.5) is 4.79 Å². The van der Waals surface area contributed by atoms with Crippen LogP contribution in [-0.2, 0) is 14.3 Å². The van der Waals surface area contributed by atoms with Crippen LogP contribution in [0.2, 0.25) is 0 Å². The summed E-state index contributed by atoms with van der Waals surface area (Å²) in [5, 5.41) is 13.2. The van der Waals surface area contributed by atoms with Crippen molar-refractivity contribution in [1.29, 1.82) is 0 Å². The fourth-order valence-corrected chi connectivity index (χ4v) is 2.00. The number of urea groups is 1. The fourth-order valence-electron chi connectivity index (χ4n) is 2.00. The Bertz CT molecular complexity index is 353. The number of hydrogen-bond acceptors (Lipinski definition) is 5. The molecule has 0 radical (unpaired) electrons. The number of carbonyl (C=O) groups excluding carboxylic acids is 2. The molecule has 1 saturated heterocycles. The lowest BCUT2D eigenvalue weighted by Crippen LogP contribution is -2.47. The van der Waals surface area contributed by atoms with Crippen LogP contribution in [0.1, 0.15) is 19.8 Å². The maximum atomic E-state index is 11.6. The average Bonchev–Trinajstić information content (AvgIpc) is 2.37. The Morgan fingerprint density at radius 2 is 1.95 bits per heavy atom. The number of hydrogen-bond donors (Lipinski definition) is 3. The van der Waals surface area contributed by atoms with Crippen molar-refractivity contribution >= 4 is 17.9 Å². The minimum atomic E-state index is -0.978. The van der Waals surface area contributed by atoms with E-state index in [1.165, 1.54) is 0 Å². The molecular formula is C12H21N3O5. The first-order chi connectivity index (χ1) is 9.51. The van der Waals surface area contributed by atoms with Crippen molar-refractivity contribution < 1.29 is 24.2 Å². The number of likely N-dealkylation sites (tertiary alicyclic amines) is 1. The molecule has 3 amide bonds. The number of nitrogens with zero attached hydrogens (tertiary/aromatic N) is 1. The van der Waals surface area contributed by atoms with E-state index in [-0.39, 0.29) is 25.2 Å². The van der Waals surface area contributed by atoms with Crippen molar-refractivity contribution in [3.63, 3.8) is 0 Å². The van der Waals surface area contributed by atoms with Crippen LogP contribution in [0, 0.1) is 0 Å². The molecule has 1 aliphatic rings. The van der Waals surface area contributed by atoms with Gasteiger partial charge in [-0.3, -0.25) is 15.0 Å². The Kier molecular flexibility index (Phi) is 6.96. The van der Waals surface area contributed by atoms with Gasteiger partial charge in [0.05, 0.1) is 12.6 Å². The number of aliphatic carboxylic acids is 1. The molecule has 0 atom stereocenters. The molecule has 1 aliphatic heterocycles. The van der Waals surface area contributed by atoms with E-state index < -0.39 is 12.0 Å². The second kappa shape index (κ2) is 8.49. The van der Waals surface area contributed by atoms with Gasteiger partial charge >= 0.3 is 12.0 Å². The van der Waals surface area contributed by atoms with Gasteiger partial charge in [0.25, 0.3) is 0 Å². The summed E-state index contributed by atoms with van der Waals surface area (Å²) < 4.78 is 5.20. The minimum Gasteiger partial charge on any atom is -0.480 e. The molecule has 0 spiro atoms. The van der Waals surface area contributed by atoms with Gasteiger partial charge in [0.1, 0.15) is 6.61 Å². The lowest BCUT2D eigenvalue weighted by molar-refractivity contribution is -0.145. The molecule has 0 unspecified atom stereocenters. The lowest BCUT2D eigenvalue weighted by atomic mass is 10.1. The number of imide groups is 1. The number of piperidine rings is 1. The summed E-state index contributed by atoms with van der Waals surface area (Å²) in [6.07, 6.45) is 1.29. The van der Waals surface area contributed by atoms with Gasteiger partial charge < -0.3 is 15.2 Å². The molecule has 0 aromatic carbocycles. The summed E-state index contributed by atoms with van der Waals surface area (Å²) in [5.41, 5.74) is 0. The van der Waals surface area contributed by atoms with E-state index in [1.54, 1.807) is 6.92 Å². The molecule has 0 bridgehead atoms. The van der Waals surface area contributed by atoms with Crippen LogP contribution in [0.5, 0.6) is 0 Å². The van der Waals surface area contributed by atoms with Gasteiger partial charge in [0, 0.05) is 19.6 Å². The third-order valence-electron chi connectivity index (χ3n) is 2.93. The topological polar surface area (TPSA) is 108 Å². The maximum Gasteiger partial charge on any atom is 0.329 e. The van der Waals surface area contributed by atoms with Gasteiger partial charge in [-0.1, -0.05) is 0 Å². The maximum absolute atomic E-state index is 11.6. The first-order valence-electron chi connectivity index (χ1n) is 6.64. The zero-order valence-electron chi connectivity index (χ0n) is 11.6. The summed E-state index contributed by atoms with van der Waals surface area (Å²) in [4.78, 5) is 35.0. The predicted octanol–water partition coefficient (Wildman–Crippen LogP) is -0.602. The van der Waals surface area contributed by atoms with E-state index in [4.69, 9.17) is 9.84 Å². The summed E-state index contributed by atoms with van der Waals surface area (Å²) in [5.74, 6) is -1.32. The molecule has 1 heterocycles. The molecule has 0 aromatic heterocycles. The molecule has 8 nitrogen and oxygen atoms in total. The number of amides is 3. The summed E-state index contributed by atoms with van der Waals surface area (Å²) in [6.45, 7) is 3.39. The summed E-state index contributed by atoms with van der Waals surface area (Å²) in [6, 6.07) is -0.489. The quantitative estimate of drug-likeness (QED) is 0.602. The molecule has 8 heteroatoms. The molecule has 20 heavy (non-hydrogen) atoms. The van der Waals surface area contributed by atoms with E-state index in [0.717, 1.165) is 0 Å². The number of ether oxygens (including phenoxy) is 1. The minimum absolute atomic E-state index is 0.0752. The standard InChI is InChI=1S/C12H21N3O5/c1-2-13-12(19)14-10(16)7-15-5-3-9(4-6-15)20-8-11(17)18/h9H,2-8H2,1H3,(H,17,18)(H2,13,14,16,19). The molecule has 3 N–H and O–H groups in total. The van der Waals surface area contributed by atoms with Crippen LogP contribution >= 0.6 is 0 Å². The van der Waals surface area contributed by atoms with Gasteiger partial charge in [0.15, 0.2) is 0 Å². The molecule has 114 valence electrons. The Labute approximate surface area is 117 Å². The monoisotopic (exact) mass is 287 g/mol. The number of rotatable bonds is 6. The third kappa shape index (κ3) is 6.48. The molecular weight excluding hydrogens is 266 g/mol. The van der Waals surface area contributed by atoms with Crippen LogP contribution in [0.3, 0.4) is 0 Å². The van der Waals surface area contributed by atoms with Gasteiger partial charge in [-0.25, -0.2) is 9.59 Å². The van der Waals surface area contributed by atoms with Crippen molar-refractivity contribution in [1.82, 2.24) is 15.5 Å². The highest BCUT2D eigenvalue weighted by molar-refractivity contribution is 5.95. The molecule has 1 fully saturated rings. The largest absolute Gasteiger partial charge is 0.480 e. The summed E-state index contributed by atoms with van der Waals surface area (Å²) >= 11 is 0. The molecule has 0 saturated carbocycles. The van der Waals surface area contributed by atoms with E-state index in [1.807, 2.05) is 4.90 Å². The number of carboxylic acid groups (broad SMARTS) is 1. The van der Waals surface area contributed by atoms with Gasteiger partial charge in [0.2, 0.25) is 5.91 Å². The van der Waals surface area contributed by atoms with Crippen molar-refractivity contribution in [2.24, 2.45) is 0 Å². The zero-order chi connectivity index (χ0) is 15.0. The first kappa shape index (κ1) is 16.4. The third-order valence-corrected chi connectivity index (χ3v) is 2.93. The highest BCUT2D eigenvalue weighted by Gasteiger charge is 2.22. The van der Waals surface area contributed by atoms with Crippen molar-refractivity contribution in [2.75, 3.05) is 32.8 Å². The highest BCUT2D eigenvalue weighted by Crippen LogP contribution is 2.13. The summed E-state index contributed by atoms with van der Waals surface area (Å²) in [7, 11) is 0. The van der Waals surface area contributed by atoms with Crippen molar-refractivity contribution in [3.05, 3.63) is 0 Å². The van der Waals surface area contributed by atoms with Crippen LogP contribution < -0.4 is 10.6 Å². The fraction of sp³-hybridized carbons (Fsp3) is 0.750. The molecule has 0 aromatic rings. The molecule has 0 aliphatic carbocycles. The first-order valence-corrected chi connectivity index (χ1v) is 6.64. The second-order valence-corrected chi connectivity index (χ2v) is 4.59. The van der Waals surface area contributed by atoms with E-state index in [9.17, 15) is 14.4 Å². The van der Waals surface area contributed by atoms with Gasteiger partial charge in [-0.15, -0.1) is 0 Å². The van der Waals surface area contributed by atoms with E-state index in [0.29, 0.717) is 32.5 Å². The SMILES string of the molecule is CCNC(=O)NC(=O)CN1CCC(OCC(=O)O)CC1. The second-order valence-electron chi connectivity index (χ2n) is 4.59. The van der Waals surface area contributed by atoms with E-state index >= 15 is 0 Å². The zero-order valence-corrected chi connectivity index (χ0v) is 11.6. The average molecular weight is 287 g/mol. The Morgan fingerprint density at radius 1 is 1.30 bits per heavy atom.